The molecule has 0 amide bonds. The summed E-state index contributed by atoms with van der Waals surface area (Å²) < 4.78 is 27.0. The van der Waals surface area contributed by atoms with Crippen LogP contribution in [0, 0.1) is 11.3 Å². The molecule has 1 aliphatic rings. The summed E-state index contributed by atoms with van der Waals surface area (Å²) in [5.41, 5.74) is 2.73. The number of amidine groups is 1. The molecule has 1 unspecified atom stereocenters. The maximum Gasteiger partial charge on any atom is 0.331 e. The highest BCUT2D eigenvalue weighted by Gasteiger charge is 2.39. The first-order chi connectivity index (χ1) is 9.21. The molecule has 5 N–H and O–H groups in total. The van der Waals surface area contributed by atoms with E-state index in [-0.39, 0.29) is 25.8 Å². The molecule has 7 nitrogen and oxygen atoms in total. The minimum absolute atomic E-state index is 0.155. The van der Waals surface area contributed by atoms with E-state index in [4.69, 9.17) is 11.1 Å². The summed E-state index contributed by atoms with van der Waals surface area (Å²) in [7, 11) is 0. The van der Waals surface area contributed by atoms with Crippen molar-refractivity contribution >= 4 is 5.84 Å². The molecule has 0 bridgehead atoms. The standard InChI is InChI=1S/C11H14F2N4O3/c12-11(13)2-1-5(3-11)4-17-9(19)6(7(14)15)8(18)16-10(17)20/h5,19H,1-4H2,(H3,14,15)(H,16,18,20). The van der Waals surface area contributed by atoms with Gasteiger partial charge in [-0.25, -0.2) is 13.6 Å². The second-order valence-electron chi connectivity index (χ2n) is 4.95. The van der Waals surface area contributed by atoms with E-state index in [1.165, 1.54) is 0 Å². The minimum atomic E-state index is -2.77. The Morgan fingerprint density at radius 3 is 2.70 bits per heavy atom. The Balaban J connectivity index is 2.38. The van der Waals surface area contributed by atoms with Crippen molar-refractivity contribution in [1.82, 2.24) is 9.55 Å². The van der Waals surface area contributed by atoms with Crippen molar-refractivity contribution in [1.29, 1.82) is 5.41 Å². The molecule has 1 heterocycles. The van der Waals surface area contributed by atoms with Crippen LogP contribution in [0.2, 0.25) is 0 Å². The van der Waals surface area contributed by atoms with E-state index in [0.29, 0.717) is 0 Å². The molecular weight excluding hydrogens is 274 g/mol. The fourth-order valence-corrected chi connectivity index (χ4v) is 2.43. The fraction of sp³-hybridized carbons (Fsp3) is 0.545. The quantitative estimate of drug-likeness (QED) is 0.460. The number of hydrogen-bond donors (Lipinski definition) is 4. The number of hydrogen-bond acceptors (Lipinski definition) is 4. The van der Waals surface area contributed by atoms with Gasteiger partial charge in [-0.1, -0.05) is 0 Å². The van der Waals surface area contributed by atoms with E-state index >= 15 is 0 Å². The molecule has 20 heavy (non-hydrogen) atoms. The van der Waals surface area contributed by atoms with Crippen LogP contribution >= 0.6 is 0 Å². The topological polar surface area (TPSA) is 125 Å². The summed E-state index contributed by atoms with van der Waals surface area (Å²) in [5.74, 6) is -4.72. The molecular formula is C11H14F2N4O3. The van der Waals surface area contributed by atoms with Crippen molar-refractivity contribution in [3.05, 3.63) is 26.4 Å². The largest absolute Gasteiger partial charge is 0.494 e. The molecule has 2 rings (SSSR count). The van der Waals surface area contributed by atoms with Gasteiger partial charge in [0.2, 0.25) is 11.8 Å². The smallest absolute Gasteiger partial charge is 0.331 e. The van der Waals surface area contributed by atoms with Crippen LogP contribution in [0.5, 0.6) is 5.88 Å². The Morgan fingerprint density at radius 1 is 1.55 bits per heavy atom. The van der Waals surface area contributed by atoms with Gasteiger partial charge in [-0.2, -0.15) is 0 Å². The molecule has 1 saturated carbocycles. The maximum absolute atomic E-state index is 13.1. The van der Waals surface area contributed by atoms with E-state index in [9.17, 15) is 23.5 Å². The van der Waals surface area contributed by atoms with Crippen LogP contribution in [-0.2, 0) is 6.54 Å². The van der Waals surface area contributed by atoms with Gasteiger partial charge in [-0.15, -0.1) is 0 Å². The lowest BCUT2D eigenvalue weighted by Crippen LogP contribution is -2.36. The molecule has 1 fully saturated rings. The number of halogens is 2. The Hall–Kier alpha value is -2.19. The van der Waals surface area contributed by atoms with Gasteiger partial charge in [-0.3, -0.25) is 19.8 Å². The van der Waals surface area contributed by atoms with Crippen molar-refractivity contribution in [2.45, 2.75) is 31.7 Å². The number of alkyl halides is 2. The molecule has 0 saturated heterocycles. The van der Waals surface area contributed by atoms with Crippen LogP contribution < -0.4 is 17.0 Å². The Kier molecular flexibility index (Phi) is 3.36. The zero-order valence-corrected chi connectivity index (χ0v) is 10.4. The molecule has 0 aromatic carbocycles. The molecule has 1 aromatic heterocycles. The highest BCUT2D eigenvalue weighted by atomic mass is 19.3. The summed E-state index contributed by atoms with van der Waals surface area (Å²) >= 11 is 0. The lowest BCUT2D eigenvalue weighted by Gasteiger charge is -2.15. The third-order valence-electron chi connectivity index (χ3n) is 3.39. The summed E-state index contributed by atoms with van der Waals surface area (Å²) in [6, 6.07) is 0. The van der Waals surface area contributed by atoms with Gasteiger partial charge in [0, 0.05) is 19.4 Å². The zero-order valence-electron chi connectivity index (χ0n) is 10.4. The monoisotopic (exact) mass is 288 g/mol. The predicted molar refractivity (Wildman–Crippen MR) is 66.3 cm³/mol. The molecule has 0 aliphatic heterocycles. The minimum Gasteiger partial charge on any atom is -0.494 e. The summed E-state index contributed by atoms with van der Waals surface area (Å²) in [4.78, 5) is 25.0. The van der Waals surface area contributed by atoms with E-state index < -0.39 is 40.4 Å². The van der Waals surface area contributed by atoms with Gasteiger partial charge in [-0.05, 0) is 12.3 Å². The first kappa shape index (κ1) is 14.2. The molecule has 110 valence electrons. The van der Waals surface area contributed by atoms with Crippen LogP contribution in [0.4, 0.5) is 8.78 Å². The van der Waals surface area contributed by atoms with E-state index in [2.05, 4.69) is 0 Å². The van der Waals surface area contributed by atoms with Crippen LogP contribution in [0.25, 0.3) is 0 Å². The fourth-order valence-electron chi connectivity index (χ4n) is 2.43. The molecule has 9 heteroatoms. The number of H-pyrrole nitrogens is 1. The first-order valence-corrected chi connectivity index (χ1v) is 5.99. The normalized spacial score (nSPS) is 21.0. The third kappa shape index (κ3) is 2.56. The van der Waals surface area contributed by atoms with Gasteiger partial charge >= 0.3 is 5.69 Å². The van der Waals surface area contributed by atoms with Gasteiger partial charge in [0.25, 0.3) is 5.56 Å². The maximum atomic E-state index is 13.1. The van der Waals surface area contributed by atoms with Crippen molar-refractivity contribution < 1.29 is 13.9 Å². The van der Waals surface area contributed by atoms with Crippen LogP contribution in [0.15, 0.2) is 9.59 Å². The van der Waals surface area contributed by atoms with Gasteiger partial charge in [0.05, 0.1) is 0 Å². The number of aromatic hydroxyl groups is 1. The van der Waals surface area contributed by atoms with Crippen molar-refractivity contribution in [2.24, 2.45) is 11.7 Å². The molecule has 0 radical (unpaired) electrons. The van der Waals surface area contributed by atoms with Crippen molar-refractivity contribution in [3.8, 4) is 5.88 Å². The lowest BCUT2D eigenvalue weighted by atomic mass is 10.1. The number of nitrogens with zero attached hydrogens (tertiary/aromatic N) is 1. The van der Waals surface area contributed by atoms with E-state index in [1.54, 1.807) is 0 Å². The Morgan fingerprint density at radius 2 is 2.20 bits per heavy atom. The number of nitrogen functional groups attached to an aromatic ring is 1. The van der Waals surface area contributed by atoms with Crippen LogP contribution in [0.3, 0.4) is 0 Å². The van der Waals surface area contributed by atoms with Gasteiger partial charge < -0.3 is 10.8 Å². The average molecular weight is 288 g/mol. The van der Waals surface area contributed by atoms with E-state index in [0.717, 1.165) is 4.57 Å². The molecule has 1 aliphatic carbocycles. The summed E-state index contributed by atoms with van der Waals surface area (Å²) in [5, 5.41) is 17.0. The average Bonchev–Trinajstić information content (AvgIpc) is 2.63. The number of aromatic nitrogens is 2. The lowest BCUT2D eigenvalue weighted by molar-refractivity contribution is 0.00419. The Bertz CT molecular complexity index is 665. The zero-order chi connectivity index (χ0) is 15.1. The summed E-state index contributed by atoms with van der Waals surface area (Å²) in [6.45, 7) is -0.155. The number of nitrogens with one attached hydrogen (secondary N) is 2. The number of nitrogens with two attached hydrogens (primary N) is 1. The van der Waals surface area contributed by atoms with E-state index in [1.807, 2.05) is 4.98 Å². The van der Waals surface area contributed by atoms with Crippen LogP contribution in [0.1, 0.15) is 24.8 Å². The number of rotatable bonds is 3. The second-order valence-corrected chi connectivity index (χ2v) is 4.95. The molecule has 1 atom stereocenters. The van der Waals surface area contributed by atoms with Crippen LogP contribution in [-0.4, -0.2) is 26.4 Å². The highest BCUT2D eigenvalue weighted by molar-refractivity contribution is 5.96. The highest BCUT2D eigenvalue weighted by Crippen LogP contribution is 2.39. The summed E-state index contributed by atoms with van der Waals surface area (Å²) in [6.07, 6.45) is -0.434. The Labute approximate surface area is 111 Å². The SMILES string of the molecule is N=C(N)c1c(O)n(CC2CCC(F)(F)C2)c(=O)[nH]c1=O. The van der Waals surface area contributed by atoms with Gasteiger partial charge in [0.15, 0.2) is 0 Å². The predicted octanol–water partition coefficient (Wildman–Crippen LogP) is -0.0383. The van der Waals surface area contributed by atoms with Gasteiger partial charge in [0.1, 0.15) is 11.4 Å². The number of aromatic amines is 1. The third-order valence-corrected chi connectivity index (χ3v) is 3.39. The molecule has 0 spiro atoms. The van der Waals surface area contributed by atoms with Crippen molar-refractivity contribution in [2.75, 3.05) is 0 Å². The second kappa shape index (κ2) is 4.73. The molecule has 1 aromatic rings. The first-order valence-electron chi connectivity index (χ1n) is 5.99. The van der Waals surface area contributed by atoms with Crippen molar-refractivity contribution in [3.63, 3.8) is 0 Å².